The maximum absolute atomic E-state index is 14.2. The number of H-pyrrole nitrogens is 2. The zero-order valence-corrected chi connectivity index (χ0v) is 21.0. The van der Waals surface area contributed by atoms with Crippen LogP contribution in [-0.4, -0.2) is 27.2 Å². The first kappa shape index (κ1) is 23.7. The van der Waals surface area contributed by atoms with Crippen molar-refractivity contribution in [3.8, 4) is 11.4 Å². The van der Waals surface area contributed by atoms with Gasteiger partial charge in [-0.15, -0.1) is 10.6 Å². The number of aliphatic imine (C=N–C) groups is 1. The molecule has 0 saturated heterocycles. The number of halogens is 2. The lowest BCUT2D eigenvalue weighted by Gasteiger charge is -2.43. The van der Waals surface area contributed by atoms with E-state index in [-0.39, 0.29) is 23.8 Å². The molecule has 2 aromatic heterocycles. The number of nitrogens with one attached hydrogen (secondary N) is 4. The van der Waals surface area contributed by atoms with Crippen molar-refractivity contribution in [1.29, 1.82) is 0 Å². The fourth-order valence-corrected chi connectivity index (χ4v) is 5.76. The van der Waals surface area contributed by atoms with E-state index in [9.17, 15) is 8.78 Å². The van der Waals surface area contributed by atoms with Crippen LogP contribution < -0.4 is 15.4 Å². The van der Waals surface area contributed by atoms with Gasteiger partial charge in [-0.2, -0.15) is 0 Å². The van der Waals surface area contributed by atoms with Gasteiger partial charge in [0.25, 0.3) is 5.82 Å². The maximum atomic E-state index is 14.2. The van der Waals surface area contributed by atoms with Crippen molar-refractivity contribution in [2.24, 2.45) is 12.0 Å². The van der Waals surface area contributed by atoms with Crippen LogP contribution in [0.15, 0.2) is 47.5 Å². The third-order valence-electron chi connectivity index (χ3n) is 7.56. The molecule has 0 aliphatic carbocycles. The maximum Gasteiger partial charge on any atom is 0.308 e. The molecular formula is C27H30F2N7O+. The number of fused-ring (bicyclic) bond motifs is 3. The molecular weight excluding hydrogens is 476 g/mol. The molecule has 192 valence electrons. The summed E-state index contributed by atoms with van der Waals surface area (Å²) in [7, 11) is 1.95. The standard InChI is InChI=1S/C27H29F2N7O/c1-4-5-12-27(26-30-15(2)37-35-26)23-20(19-11-10-18(29)13-21(19)31-23)14-22(32-27)25-34-33-24(36(25)3)16-6-8-17(28)9-7-16/h6-11,13,22,26,31-32,35H,4-5,12,14H2,1-3H3/p+1. The van der Waals surface area contributed by atoms with Gasteiger partial charge in [0.2, 0.25) is 5.90 Å². The summed E-state index contributed by atoms with van der Waals surface area (Å²) in [5.74, 6) is 1.58. The predicted molar refractivity (Wildman–Crippen MR) is 135 cm³/mol. The summed E-state index contributed by atoms with van der Waals surface area (Å²) in [4.78, 5) is 13.9. The molecule has 2 aromatic carbocycles. The fraction of sp³-hybridized carbons (Fsp3) is 0.370. The van der Waals surface area contributed by atoms with Crippen molar-refractivity contribution < 1.29 is 18.2 Å². The molecule has 4 heterocycles. The van der Waals surface area contributed by atoms with Crippen LogP contribution in [0.5, 0.6) is 0 Å². The van der Waals surface area contributed by atoms with E-state index >= 15 is 0 Å². The summed E-state index contributed by atoms with van der Waals surface area (Å²) in [5.41, 5.74) is 6.16. The topological polar surface area (TPSA) is 94.0 Å². The van der Waals surface area contributed by atoms with Crippen molar-refractivity contribution in [2.75, 3.05) is 0 Å². The molecule has 0 amide bonds. The molecule has 4 aromatic rings. The highest BCUT2D eigenvalue weighted by Crippen LogP contribution is 2.44. The summed E-state index contributed by atoms with van der Waals surface area (Å²) >= 11 is 0. The highest BCUT2D eigenvalue weighted by molar-refractivity contribution is 5.86. The highest BCUT2D eigenvalue weighted by atomic mass is 19.1. The van der Waals surface area contributed by atoms with E-state index in [1.807, 2.05) is 24.6 Å². The molecule has 3 unspecified atom stereocenters. The number of hydrogen-bond donors (Lipinski definition) is 4. The van der Waals surface area contributed by atoms with Gasteiger partial charge in [-0.05, 0) is 54.4 Å². The third kappa shape index (κ3) is 3.91. The van der Waals surface area contributed by atoms with Gasteiger partial charge >= 0.3 is 5.82 Å². The van der Waals surface area contributed by atoms with Crippen molar-refractivity contribution in [3.05, 3.63) is 71.2 Å². The molecule has 37 heavy (non-hydrogen) atoms. The first-order valence-electron chi connectivity index (χ1n) is 12.6. The van der Waals surface area contributed by atoms with E-state index in [0.29, 0.717) is 18.1 Å². The number of hydroxylamine groups is 1. The highest BCUT2D eigenvalue weighted by Gasteiger charge is 2.51. The van der Waals surface area contributed by atoms with Crippen LogP contribution in [0.1, 0.15) is 56.2 Å². The summed E-state index contributed by atoms with van der Waals surface area (Å²) in [5, 5.41) is 12.7. The van der Waals surface area contributed by atoms with Crippen LogP contribution in [0.4, 0.5) is 8.78 Å². The Hall–Kier alpha value is -3.63. The lowest BCUT2D eigenvalue weighted by Crippen LogP contribution is -2.60. The molecule has 0 bridgehead atoms. The van der Waals surface area contributed by atoms with Crippen LogP contribution in [0.2, 0.25) is 0 Å². The molecule has 6 rings (SSSR count). The van der Waals surface area contributed by atoms with Gasteiger partial charge in [0.15, 0.2) is 6.17 Å². The van der Waals surface area contributed by atoms with Crippen LogP contribution in [-0.2, 0) is 23.8 Å². The van der Waals surface area contributed by atoms with E-state index in [1.54, 1.807) is 18.2 Å². The molecule has 10 heteroatoms. The number of rotatable bonds is 6. The predicted octanol–water partition coefficient (Wildman–Crippen LogP) is 4.21. The smallest absolute Gasteiger partial charge is 0.308 e. The first-order chi connectivity index (χ1) is 17.9. The number of aromatic amines is 2. The second kappa shape index (κ2) is 9.04. The van der Waals surface area contributed by atoms with Gasteiger partial charge < -0.3 is 9.82 Å². The van der Waals surface area contributed by atoms with Crippen LogP contribution in [0, 0.1) is 11.6 Å². The van der Waals surface area contributed by atoms with Gasteiger partial charge in [-0.3, -0.25) is 5.32 Å². The van der Waals surface area contributed by atoms with E-state index in [0.717, 1.165) is 52.8 Å². The average Bonchev–Trinajstić information content (AvgIpc) is 3.59. The lowest BCUT2D eigenvalue weighted by molar-refractivity contribution is -0.670. The largest absolute Gasteiger partial charge is 0.392 e. The van der Waals surface area contributed by atoms with Crippen LogP contribution in [0.25, 0.3) is 22.3 Å². The SMILES string of the molecule is CCCCC1(C2N=C(C)ON2)NC(c2[nH]nc(-c3ccc(F)cc3)[n+]2C)Cc2c1[nH]c1cc(F)ccc21. The molecule has 0 saturated carbocycles. The number of nitrogens with zero attached hydrogens (tertiary/aromatic N) is 3. The average molecular weight is 507 g/mol. The summed E-state index contributed by atoms with van der Waals surface area (Å²) in [6.07, 6.45) is 3.00. The third-order valence-corrected chi connectivity index (χ3v) is 7.56. The Kier molecular flexibility index (Phi) is 5.80. The van der Waals surface area contributed by atoms with E-state index < -0.39 is 5.54 Å². The minimum atomic E-state index is -0.643. The molecule has 2 aliphatic heterocycles. The lowest BCUT2D eigenvalue weighted by atomic mass is 9.78. The van der Waals surface area contributed by atoms with Gasteiger partial charge in [0.1, 0.15) is 17.7 Å². The molecule has 0 radical (unpaired) electrons. The van der Waals surface area contributed by atoms with Gasteiger partial charge in [0.05, 0.1) is 18.2 Å². The summed E-state index contributed by atoms with van der Waals surface area (Å²) < 4.78 is 29.7. The number of aromatic nitrogens is 4. The van der Waals surface area contributed by atoms with E-state index in [4.69, 9.17) is 9.83 Å². The Morgan fingerprint density at radius 1 is 1.14 bits per heavy atom. The van der Waals surface area contributed by atoms with Gasteiger partial charge in [-0.1, -0.05) is 19.8 Å². The number of hydrogen-bond acceptors (Lipinski definition) is 5. The number of benzene rings is 2. The second-order valence-corrected chi connectivity index (χ2v) is 9.91. The second-order valence-electron chi connectivity index (χ2n) is 9.91. The zero-order chi connectivity index (χ0) is 25.7. The molecule has 2 aliphatic rings. The van der Waals surface area contributed by atoms with E-state index in [1.165, 1.54) is 18.2 Å². The van der Waals surface area contributed by atoms with Crippen molar-refractivity contribution in [2.45, 2.75) is 57.3 Å². The van der Waals surface area contributed by atoms with Crippen LogP contribution >= 0.6 is 0 Å². The van der Waals surface area contributed by atoms with E-state index in [2.05, 4.69) is 32.9 Å². The Balaban J connectivity index is 1.51. The minimum absolute atomic E-state index is 0.155. The Labute approximate surface area is 213 Å². The monoisotopic (exact) mass is 506 g/mol. The fourth-order valence-electron chi connectivity index (χ4n) is 5.76. The Bertz CT molecular complexity index is 1490. The van der Waals surface area contributed by atoms with Gasteiger partial charge in [0, 0.05) is 35.0 Å². The summed E-state index contributed by atoms with van der Waals surface area (Å²) in [6, 6.07) is 11.0. The Morgan fingerprint density at radius 3 is 2.65 bits per heavy atom. The first-order valence-corrected chi connectivity index (χ1v) is 12.6. The molecule has 8 nitrogen and oxygen atoms in total. The Morgan fingerprint density at radius 2 is 1.92 bits per heavy atom. The quantitative estimate of drug-likeness (QED) is 0.295. The molecule has 3 atom stereocenters. The number of unbranched alkanes of at least 4 members (excludes halogenated alkanes) is 1. The zero-order valence-electron chi connectivity index (χ0n) is 21.0. The molecule has 4 N–H and O–H groups in total. The van der Waals surface area contributed by atoms with Crippen molar-refractivity contribution >= 4 is 16.8 Å². The minimum Gasteiger partial charge on any atom is -0.392 e. The normalized spacial score (nSPS) is 23.2. The van der Waals surface area contributed by atoms with Gasteiger partial charge in [-0.25, -0.2) is 18.3 Å². The van der Waals surface area contributed by atoms with Crippen LogP contribution in [0.3, 0.4) is 0 Å². The summed E-state index contributed by atoms with van der Waals surface area (Å²) in [6.45, 7) is 3.98. The molecule has 0 spiro atoms. The van der Waals surface area contributed by atoms with Crippen molar-refractivity contribution in [1.82, 2.24) is 26.0 Å². The van der Waals surface area contributed by atoms with Crippen molar-refractivity contribution in [3.63, 3.8) is 0 Å². The molecule has 0 fully saturated rings.